The number of rotatable bonds is 1. The molecule has 0 atom stereocenters. The Morgan fingerprint density at radius 3 is 2.85 bits per heavy atom. The van der Waals surface area contributed by atoms with Crippen LogP contribution < -0.4 is 5.32 Å². The molecule has 0 spiro atoms. The van der Waals surface area contributed by atoms with Crippen LogP contribution in [0, 0.1) is 0 Å². The first-order valence-corrected chi connectivity index (χ1v) is 4.40. The van der Waals surface area contributed by atoms with Gasteiger partial charge in [0.25, 0.3) is 6.01 Å². The zero-order chi connectivity index (χ0) is 9.42. The summed E-state index contributed by atoms with van der Waals surface area (Å²) >= 11 is 11.7. The first-order valence-electron chi connectivity index (χ1n) is 3.64. The van der Waals surface area contributed by atoms with Gasteiger partial charge in [0, 0.05) is 7.05 Å². The fourth-order valence-electron chi connectivity index (χ4n) is 1.04. The van der Waals surface area contributed by atoms with Crippen molar-refractivity contribution < 1.29 is 4.42 Å². The first-order chi connectivity index (χ1) is 6.22. The van der Waals surface area contributed by atoms with Crippen molar-refractivity contribution >= 4 is 40.3 Å². The third kappa shape index (κ3) is 1.34. The average molecular weight is 217 g/mol. The van der Waals surface area contributed by atoms with Gasteiger partial charge in [0.2, 0.25) is 0 Å². The van der Waals surface area contributed by atoms with Crippen molar-refractivity contribution in [2.75, 3.05) is 12.4 Å². The molecule has 0 radical (unpaired) electrons. The van der Waals surface area contributed by atoms with E-state index in [9.17, 15) is 0 Å². The van der Waals surface area contributed by atoms with E-state index in [0.29, 0.717) is 27.2 Å². The summed E-state index contributed by atoms with van der Waals surface area (Å²) < 4.78 is 5.29. The summed E-state index contributed by atoms with van der Waals surface area (Å²) in [5.41, 5.74) is 1.21. The Bertz CT molecular complexity index is 453. The van der Waals surface area contributed by atoms with Crippen molar-refractivity contribution in [2.45, 2.75) is 0 Å². The second kappa shape index (κ2) is 3.09. The Morgan fingerprint density at radius 2 is 2.15 bits per heavy atom. The molecule has 0 saturated carbocycles. The number of nitrogens with zero attached hydrogens (tertiary/aromatic N) is 1. The first kappa shape index (κ1) is 8.66. The Morgan fingerprint density at radius 1 is 1.38 bits per heavy atom. The van der Waals surface area contributed by atoms with Crippen LogP contribution in [0.15, 0.2) is 16.5 Å². The van der Waals surface area contributed by atoms with E-state index in [1.54, 1.807) is 19.2 Å². The topological polar surface area (TPSA) is 38.1 Å². The Labute approximate surface area is 84.6 Å². The van der Waals surface area contributed by atoms with Crippen LogP contribution >= 0.6 is 23.2 Å². The van der Waals surface area contributed by atoms with E-state index in [1.165, 1.54) is 0 Å². The van der Waals surface area contributed by atoms with Gasteiger partial charge < -0.3 is 9.73 Å². The molecule has 1 heterocycles. The van der Waals surface area contributed by atoms with E-state index >= 15 is 0 Å². The highest BCUT2D eigenvalue weighted by Crippen LogP contribution is 2.32. The summed E-state index contributed by atoms with van der Waals surface area (Å²) in [6.45, 7) is 0. The highest BCUT2D eigenvalue weighted by molar-refractivity contribution is 6.44. The summed E-state index contributed by atoms with van der Waals surface area (Å²) in [6.07, 6.45) is 0. The van der Waals surface area contributed by atoms with E-state index < -0.39 is 0 Å². The third-order valence-corrected chi connectivity index (χ3v) is 2.45. The number of hydrogen-bond acceptors (Lipinski definition) is 3. The lowest BCUT2D eigenvalue weighted by Crippen LogP contribution is -1.85. The van der Waals surface area contributed by atoms with Crippen LogP contribution in [0.3, 0.4) is 0 Å². The molecule has 1 aromatic heterocycles. The Balaban J connectivity index is 2.76. The van der Waals surface area contributed by atoms with Gasteiger partial charge in [0.05, 0.1) is 5.02 Å². The molecule has 0 unspecified atom stereocenters. The lowest BCUT2D eigenvalue weighted by atomic mass is 10.3. The summed E-state index contributed by atoms with van der Waals surface area (Å²) in [7, 11) is 1.72. The van der Waals surface area contributed by atoms with Crippen LogP contribution in [0.5, 0.6) is 0 Å². The van der Waals surface area contributed by atoms with Crippen LogP contribution in [-0.2, 0) is 0 Å². The van der Waals surface area contributed by atoms with Crippen molar-refractivity contribution in [3.8, 4) is 0 Å². The molecule has 0 aliphatic heterocycles. The largest absolute Gasteiger partial charge is 0.422 e. The number of fused-ring (bicyclic) bond motifs is 1. The minimum atomic E-state index is 0.396. The SMILES string of the molecule is CNc1nc2ccc(Cl)c(Cl)c2o1. The summed E-state index contributed by atoms with van der Waals surface area (Å²) in [4.78, 5) is 4.11. The molecular weight excluding hydrogens is 211 g/mol. The molecule has 2 rings (SSSR count). The molecule has 68 valence electrons. The van der Waals surface area contributed by atoms with E-state index in [2.05, 4.69) is 10.3 Å². The zero-order valence-corrected chi connectivity index (χ0v) is 8.28. The van der Waals surface area contributed by atoms with Crippen molar-refractivity contribution in [3.05, 3.63) is 22.2 Å². The Hall–Kier alpha value is -0.930. The number of benzene rings is 1. The van der Waals surface area contributed by atoms with E-state index in [1.807, 2.05) is 0 Å². The fourth-order valence-corrected chi connectivity index (χ4v) is 1.39. The van der Waals surface area contributed by atoms with Gasteiger partial charge >= 0.3 is 0 Å². The second-order valence-electron chi connectivity index (χ2n) is 2.48. The number of hydrogen-bond donors (Lipinski definition) is 1. The van der Waals surface area contributed by atoms with Gasteiger partial charge in [-0.05, 0) is 12.1 Å². The third-order valence-electron chi connectivity index (χ3n) is 1.66. The average Bonchev–Trinajstić information content (AvgIpc) is 2.55. The molecule has 0 saturated heterocycles. The van der Waals surface area contributed by atoms with Crippen molar-refractivity contribution in [3.63, 3.8) is 0 Å². The molecule has 0 amide bonds. The van der Waals surface area contributed by atoms with Gasteiger partial charge in [-0.15, -0.1) is 0 Å². The van der Waals surface area contributed by atoms with Gasteiger partial charge in [-0.2, -0.15) is 4.98 Å². The van der Waals surface area contributed by atoms with Gasteiger partial charge in [-0.25, -0.2) is 0 Å². The van der Waals surface area contributed by atoms with Crippen LogP contribution in [-0.4, -0.2) is 12.0 Å². The molecule has 0 aliphatic rings. The minimum absolute atomic E-state index is 0.396. The molecule has 5 heteroatoms. The van der Waals surface area contributed by atoms with E-state index in [-0.39, 0.29) is 0 Å². The van der Waals surface area contributed by atoms with Gasteiger partial charge in [-0.1, -0.05) is 23.2 Å². The van der Waals surface area contributed by atoms with Crippen molar-refractivity contribution in [1.29, 1.82) is 0 Å². The number of nitrogens with one attached hydrogen (secondary N) is 1. The smallest absolute Gasteiger partial charge is 0.295 e. The lowest BCUT2D eigenvalue weighted by molar-refractivity contribution is 0.620. The van der Waals surface area contributed by atoms with Crippen LogP contribution in [0.25, 0.3) is 11.1 Å². The number of anilines is 1. The summed E-state index contributed by atoms with van der Waals surface area (Å²) in [6, 6.07) is 3.88. The maximum Gasteiger partial charge on any atom is 0.295 e. The molecule has 1 N–H and O–H groups in total. The predicted octanol–water partition coefficient (Wildman–Crippen LogP) is 3.18. The van der Waals surface area contributed by atoms with E-state index in [4.69, 9.17) is 27.6 Å². The van der Waals surface area contributed by atoms with Crippen LogP contribution in [0.2, 0.25) is 10.0 Å². The molecule has 0 aliphatic carbocycles. The molecular formula is C8H6Cl2N2O. The number of oxazole rings is 1. The lowest BCUT2D eigenvalue weighted by Gasteiger charge is -1.92. The fraction of sp³-hybridized carbons (Fsp3) is 0.125. The van der Waals surface area contributed by atoms with Crippen molar-refractivity contribution in [2.24, 2.45) is 0 Å². The molecule has 2 aromatic rings. The number of halogens is 2. The van der Waals surface area contributed by atoms with Crippen LogP contribution in [0.1, 0.15) is 0 Å². The zero-order valence-electron chi connectivity index (χ0n) is 6.77. The quantitative estimate of drug-likeness (QED) is 0.796. The molecule has 13 heavy (non-hydrogen) atoms. The standard InChI is InChI=1S/C8H6Cl2N2O/c1-11-8-12-5-3-2-4(9)6(10)7(5)13-8/h2-3H,1H3,(H,11,12). The monoisotopic (exact) mass is 216 g/mol. The molecule has 0 fully saturated rings. The van der Waals surface area contributed by atoms with Gasteiger partial charge in [0.15, 0.2) is 5.58 Å². The highest BCUT2D eigenvalue weighted by atomic mass is 35.5. The summed E-state index contributed by atoms with van der Waals surface area (Å²) in [5.74, 6) is 0. The van der Waals surface area contributed by atoms with Crippen molar-refractivity contribution in [1.82, 2.24) is 4.98 Å². The second-order valence-corrected chi connectivity index (χ2v) is 3.26. The minimum Gasteiger partial charge on any atom is -0.422 e. The maximum atomic E-state index is 5.90. The van der Waals surface area contributed by atoms with Crippen LogP contribution in [0.4, 0.5) is 6.01 Å². The molecule has 0 bridgehead atoms. The van der Waals surface area contributed by atoms with E-state index in [0.717, 1.165) is 0 Å². The highest BCUT2D eigenvalue weighted by Gasteiger charge is 2.10. The number of aromatic nitrogens is 1. The van der Waals surface area contributed by atoms with Gasteiger partial charge in [-0.3, -0.25) is 0 Å². The van der Waals surface area contributed by atoms with Gasteiger partial charge in [0.1, 0.15) is 10.5 Å². The normalized spacial score (nSPS) is 10.7. The maximum absolute atomic E-state index is 5.90. The predicted molar refractivity (Wildman–Crippen MR) is 53.6 cm³/mol. The summed E-state index contributed by atoms with van der Waals surface area (Å²) in [5, 5.41) is 3.65. The molecule has 3 nitrogen and oxygen atoms in total. The molecule has 1 aromatic carbocycles. The Kier molecular flexibility index (Phi) is 2.06.